The molecule has 3 rings (SSSR count). The molecule has 0 saturated heterocycles. The Hall–Kier alpha value is -2.37. The third-order valence-electron chi connectivity index (χ3n) is 2.90. The smallest absolute Gasteiger partial charge is 0.277 e. The number of rotatable bonds is 2. The molecular formula is C12H12N4O2. The van der Waals surface area contributed by atoms with Gasteiger partial charge in [0.1, 0.15) is 0 Å². The number of fused-ring (bicyclic) bond motifs is 1. The summed E-state index contributed by atoms with van der Waals surface area (Å²) in [6.45, 7) is 3.75. The molecule has 3 aromatic heterocycles. The van der Waals surface area contributed by atoms with Crippen LogP contribution in [0.2, 0.25) is 0 Å². The van der Waals surface area contributed by atoms with Crippen LogP contribution in [0.15, 0.2) is 27.6 Å². The molecule has 0 aliphatic heterocycles. The van der Waals surface area contributed by atoms with E-state index in [0.29, 0.717) is 29.3 Å². The van der Waals surface area contributed by atoms with Crippen molar-refractivity contribution in [3.05, 3.63) is 40.0 Å². The summed E-state index contributed by atoms with van der Waals surface area (Å²) >= 11 is 0. The van der Waals surface area contributed by atoms with Crippen molar-refractivity contribution in [3.63, 3.8) is 0 Å². The fourth-order valence-corrected chi connectivity index (χ4v) is 1.99. The Morgan fingerprint density at radius 3 is 2.94 bits per heavy atom. The maximum Gasteiger partial charge on any atom is 0.277 e. The highest BCUT2D eigenvalue weighted by Gasteiger charge is 2.13. The summed E-state index contributed by atoms with van der Waals surface area (Å²) in [4.78, 5) is 20.8. The SMILES string of the molecule is CCc1c(C)nc2nc(-c3ccco3)[nH]n2c1=O. The lowest BCUT2D eigenvalue weighted by Crippen LogP contribution is -2.21. The van der Waals surface area contributed by atoms with E-state index in [2.05, 4.69) is 15.1 Å². The highest BCUT2D eigenvalue weighted by atomic mass is 16.3. The average Bonchev–Trinajstić information content (AvgIpc) is 2.96. The van der Waals surface area contributed by atoms with E-state index in [-0.39, 0.29) is 5.56 Å². The van der Waals surface area contributed by atoms with Crippen LogP contribution >= 0.6 is 0 Å². The maximum absolute atomic E-state index is 12.2. The van der Waals surface area contributed by atoms with Gasteiger partial charge in [0.2, 0.25) is 0 Å². The van der Waals surface area contributed by atoms with E-state index in [0.717, 1.165) is 5.69 Å². The third-order valence-corrected chi connectivity index (χ3v) is 2.90. The summed E-state index contributed by atoms with van der Waals surface area (Å²) in [7, 11) is 0. The molecule has 0 saturated carbocycles. The van der Waals surface area contributed by atoms with Gasteiger partial charge < -0.3 is 4.42 Å². The van der Waals surface area contributed by atoms with Crippen molar-refractivity contribution in [2.75, 3.05) is 0 Å². The summed E-state index contributed by atoms with van der Waals surface area (Å²) in [5.74, 6) is 1.44. The molecule has 0 unspecified atom stereocenters. The summed E-state index contributed by atoms with van der Waals surface area (Å²) in [6.07, 6.45) is 2.21. The van der Waals surface area contributed by atoms with E-state index >= 15 is 0 Å². The molecular weight excluding hydrogens is 232 g/mol. The standard InChI is InChI=1S/C12H12N4O2/c1-3-8-7(2)13-12-14-10(9-5-4-6-18-9)15-16(12)11(8)17/h4-6H,3H2,1-2H3,(H,13,14,15). The molecule has 92 valence electrons. The molecule has 6 heteroatoms. The molecule has 3 aromatic rings. The molecule has 0 atom stereocenters. The largest absolute Gasteiger partial charge is 0.461 e. The lowest BCUT2D eigenvalue weighted by Gasteiger charge is -2.00. The van der Waals surface area contributed by atoms with Crippen LogP contribution in [0.1, 0.15) is 18.2 Å². The van der Waals surface area contributed by atoms with Gasteiger partial charge in [0.25, 0.3) is 11.3 Å². The lowest BCUT2D eigenvalue weighted by molar-refractivity contribution is 0.577. The first-order valence-corrected chi connectivity index (χ1v) is 5.73. The Morgan fingerprint density at radius 2 is 2.28 bits per heavy atom. The van der Waals surface area contributed by atoms with Gasteiger partial charge in [-0.25, -0.2) is 4.98 Å². The van der Waals surface area contributed by atoms with Gasteiger partial charge in [-0.1, -0.05) is 6.92 Å². The fraction of sp³-hybridized carbons (Fsp3) is 0.250. The van der Waals surface area contributed by atoms with Crippen molar-refractivity contribution in [1.82, 2.24) is 19.6 Å². The number of H-pyrrole nitrogens is 1. The van der Waals surface area contributed by atoms with Gasteiger partial charge in [-0.15, -0.1) is 0 Å². The quantitative estimate of drug-likeness (QED) is 0.742. The molecule has 0 radical (unpaired) electrons. The van der Waals surface area contributed by atoms with Gasteiger partial charge in [0.05, 0.1) is 12.0 Å². The predicted octanol–water partition coefficient (Wildman–Crippen LogP) is 1.55. The number of hydrogen-bond donors (Lipinski definition) is 1. The average molecular weight is 244 g/mol. The topological polar surface area (TPSA) is 76.2 Å². The molecule has 0 aromatic carbocycles. The number of nitrogens with one attached hydrogen (secondary N) is 1. The summed E-state index contributed by atoms with van der Waals surface area (Å²) in [5, 5.41) is 2.90. The minimum atomic E-state index is -0.106. The van der Waals surface area contributed by atoms with E-state index in [4.69, 9.17) is 4.42 Å². The Balaban J connectivity index is 2.30. The van der Waals surface area contributed by atoms with Crippen molar-refractivity contribution in [2.24, 2.45) is 0 Å². The predicted molar refractivity (Wildman–Crippen MR) is 65.4 cm³/mol. The Bertz CT molecular complexity index is 752. The number of aromatic nitrogens is 4. The van der Waals surface area contributed by atoms with Crippen LogP contribution in [-0.4, -0.2) is 19.6 Å². The first-order valence-electron chi connectivity index (χ1n) is 5.73. The van der Waals surface area contributed by atoms with E-state index in [1.165, 1.54) is 4.52 Å². The van der Waals surface area contributed by atoms with Crippen molar-refractivity contribution in [1.29, 1.82) is 0 Å². The molecule has 6 nitrogen and oxygen atoms in total. The molecule has 3 heterocycles. The second-order valence-electron chi connectivity index (χ2n) is 4.02. The fourth-order valence-electron chi connectivity index (χ4n) is 1.99. The molecule has 0 aliphatic rings. The number of aryl methyl sites for hydroxylation is 1. The maximum atomic E-state index is 12.2. The van der Waals surface area contributed by atoms with Gasteiger partial charge >= 0.3 is 0 Å². The zero-order valence-corrected chi connectivity index (χ0v) is 10.1. The lowest BCUT2D eigenvalue weighted by atomic mass is 10.2. The highest BCUT2D eigenvalue weighted by molar-refractivity contribution is 5.49. The molecule has 1 N–H and O–H groups in total. The number of nitrogens with zero attached hydrogens (tertiary/aromatic N) is 3. The number of hydrogen-bond acceptors (Lipinski definition) is 4. The van der Waals surface area contributed by atoms with Gasteiger partial charge in [0, 0.05) is 5.56 Å². The van der Waals surface area contributed by atoms with Gasteiger partial charge in [0.15, 0.2) is 11.6 Å². The van der Waals surface area contributed by atoms with Crippen LogP contribution in [0, 0.1) is 6.92 Å². The molecule has 0 spiro atoms. The minimum absolute atomic E-state index is 0.106. The monoisotopic (exact) mass is 244 g/mol. The zero-order chi connectivity index (χ0) is 12.7. The first-order chi connectivity index (χ1) is 8.70. The van der Waals surface area contributed by atoms with Crippen LogP contribution in [0.5, 0.6) is 0 Å². The Morgan fingerprint density at radius 1 is 1.44 bits per heavy atom. The number of furan rings is 1. The van der Waals surface area contributed by atoms with Crippen LogP contribution in [0.4, 0.5) is 0 Å². The number of aromatic amines is 1. The van der Waals surface area contributed by atoms with Crippen molar-refractivity contribution in [3.8, 4) is 11.6 Å². The molecule has 0 bridgehead atoms. The van der Waals surface area contributed by atoms with Crippen LogP contribution < -0.4 is 5.56 Å². The van der Waals surface area contributed by atoms with E-state index < -0.39 is 0 Å². The second-order valence-corrected chi connectivity index (χ2v) is 4.02. The van der Waals surface area contributed by atoms with Crippen LogP contribution in [0.25, 0.3) is 17.4 Å². The molecule has 0 fully saturated rings. The normalized spacial score (nSPS) is 11.2. The molecule has 0 amide bonds. The van der Waals surface area contributed by atoms with Crippen molar-refractivity contribution < 1.29 is 4.42 Å². The van der Waals surface area contributed by atoms with Gasteiger partial charge in [-0.05, 0) is 25.5 Å². The summed E-state index contributed by atoms with van der Waals surface area (Å²) in [6, 6.07) is 3.54. The second kappa shape index (κ2) is 3.83. The van der Waals surface area contributed by atoms with E-state index in [9.17, 15) is 4.79 Å². The molecule has 0 aliphatic carbocycles. The Kier molecular flexibility index (Phi) is 2.29. The third kappa shape index (κ3) is 1.46. The van der Waals surface area contributed by atoms with Crippen LogP contribution in [-0.2, 0) is 6.42 Å². The summed E-state index contributed by atoms with van der Waals surface area (Å²) in [5.41, 5.74) is 1.31. The summed E-state index contributed by atoms with van der Waals surface area (Å²) < 4.78 is 6.59. The minimum Gasteiger partial charge on any atom is -0.461 e. The van der Waals surface area contributed by atoms with Crippen molar-refractivity contribution in [2.45, 2.75) is 20.3 Å². The van der Waals surface area contributed by atoms with Gasteiger partial charge in [-0.3, -0.25) is 9.89 Å². The van der Waals surface area contributed by atoms with E-state index in [1.807, 2.05) is 13.8 Å². The molecule has 18 heavy (non-hydrogen) atoms. The zero-order valence-electron chi connectivity index (χ0n) is 10.1. The van der Waals surface area contributed by atoms with Crippen molar-refractivity contribution >= 4 is 5.78 Å². The van der Waals surface area contributed by atoms with Crippen LogP contribution in [0.3, 0.4) is 0 Å². The van der Waals surface area contributed by atoms with E-state index in [1.54, 1.807) is 18.4 Å². The first kappa shape index (κ1) is 10.8. The Labute approximate surface area is 102 Å². The highest BCUT2D eigenvalue weighted by Crippen LogP contribution is 2.15. The van der Waals surface area contributed by atoms with Gasteiger partial charge in [-0.2, -0.15) is 9.50 Å².